The molecular formula is C9H17NO2. The Morgan fingerprint density at radius 3 is 2.75 bits per heavy atom. The van der Waals surface area contributed by atoms with Crippen molar-refractivity contribution in [2.45, 2.75) is 38.6 Å². The normalized spacial score (nSPS) is 27.8. The Hall–Kier alpha value is -0.570. The first kappa shape index (κ1) is 9.52. The lowest BCUT2D eigenvalue weighted by atomic mass is 9.77. The second-order valence-electron chi connectivity index (χ2n) is 3.34. The number of rotatable bonds is 4. The Balaban J connectivity index is 2.04. The fourth-order valence-electron chi connectivity index (χ4n) is 1.49. The van der Waals surface area contributed by atoms with Gasteiger partial charge in [-0.05, 0) is 32.1 Å². The molecule has 2 N–H and O–H groups in total. The van der Waals surface area contributed by atoms with E-state index in [1.54, 1.807) is 0 Å². The maximum Gasteiger partial charge on any atom is 0.305 e. The maximum absolute atomic E-state index is 10.9. The predicted molar refractivity (Wildman–Crippen MR) is 46.6 cm³/mol. The zero-order chi connectivity index (χ0) is 8.97. The second-order valence-corrected chi connectivity index (χ2v) is 3.34. The summed E-state index contributed by atoms with van der Waals surface area (Å²) < 4.78 is 4.82. The number of ether oxygens (including phenoxy) is 1. The van der Waals surface area contributed by atoms with Crippen molar-refractivity contribution in [1.29, 1.82) is 0 Å². The van der Waals surface area contributed by atoms with Gasteiger partial charge < -0.3 is 10.5 Å². The summed E-state index contributed by atoms with van der Waals surface area (Å²) in [5, 5.41) is 0. The molecule has 1 saturated carbocycles. The molecule has 0 amide bonds. The van der Waals surface area contributed by atoms with Gasteiger partial charge in [0.2, 0.25) is 0 Å². The molecule has 0 heterocycles. The predicted octanol–water partition coefficient (Wildman–Crippen LogP) is 1.07. The van der Waals surface area contributed by atoms with Crippen molar-refractivity contribution in [3.63, 3.8) is 0 Å². The lowest BCUT2D eigenvalue weighted by molar-refractivity contribution is -0.143. The Labute approximate surface area is 73.3 Å². The van der Waals surface area contributed by atoms with E-state index >= 15 is 0 Å². The van der Waals surface area contributed by atoms with Crippen LogP contribution in [0.4, 0.5) is 0 Å². The molecule has 2 unspecified atom stereocenters. The highest BCUT2D eigenvalue weighted by molar-refractivity contribution is 5.69. The molecule has 0 radical (unpaired) electrons. The minimum absolute atomic E-state index is 0.0865. The van der Waals surface area contributed by atoms with Gasteiger partial charge in [-0.25, -0.2) is 0 Å². The number of carbonyl (C=O) groups is 1. The third-order valence-electron chi connectivity index (χ3n) is 2.50. The number of nitrogens with two attached hydrogens (primary N) is 1. The van der Waals surface area contributed by atoms with Crippen LogP contribution in [0, 0.1) is 5.92 Å². The molecule has 70 valence electrons. The Bertz CT molecular complexity index is 159. The Kier molecular flexibility index (Phi) is 3.53. The minimum atomic E-state index is -0.0865. The highest BCUT2D eigenvalue weighted by Crippen LogP contribution is 2.29. The van der Waals surface area contributed by atoms with E-state index in [4.69, 9.17) is 10.5 Å². The van der Waals surface area contributed by atoms with Gasteiger partial charge in [0.15, 0.2) is 0 Å². The molecule has 0 spiro atoms. The zero-order valence-electron chi connectivity index (χ0n) is 7.58. The molecule has 0 aliphatic heterocycles. The summed E-state index contributed by atoms with van der Waals surface area (Å²) in [6.07, 6.45) is 3.74. The average molecular weight is 171 g/mol. The second kappa shape index (κ2) is 4.45. The Morgan fingerprint density at radius 2 is 2.33 bits per heavy atom. The number of hydrogen-bond donors (Lipinski definition) is 1. The van der Waals surface area contributed by atoms with Gasteiger partial charge in [0, 0.05) is 12.5 Å². The van der Waals surface area contributed by atoms with E-state index in [9.17, 15) is 4.79 Å². The molecule has 2 atom stereocenters. The molecule has 1 aliphatic carbocycles. The molecule has 1 aliphatic rings. The molecular weight excluding hydrogens is 154 g/mol. The summed E-state index contributed by atoms with van der Waals surface area (Å²) in [7, 11) is 0. The topological polar surface area (TPSA) is 52.3 Å². The van der Waals surface area contributed by atoms with Crippen molar-refractivity contribution < 1.29 is 9.53 Å². The van der Waals surface area contributed by atoms with Gasteiger partial charge in [0.1, 0.15) is 0 Å². The number of carbonyl (C=O) groups excluding carboxylic acids is 1. The van der Waals surface area contributed by atoms with Crippen molar-refractivity contribution in [1.82, 2.24) is 0 Å². The van der Waals surface area contributed by atoms with E-state index in [0.29, 0.717) is 25.0 Å². The van der Waals surface area contributed by atoms with E-state index in [1.165, 1.54) is 6.42 Å². The maximum atomic E-state index is 10.9. The molecule has 1 rings (SSSR count). The van der Waals surface area contributed by atoms with E-state index in [1.807, 2.05) is 6.92 Å². The average Bonchev–Trinajstić information content (AvgIpc) is 2.03. The first-order valence-electron chi connectivity index (χ1n) is 4.65. The molecule has 12 heavy (non-hydrogen) atoms. The number of hydrogen-bond acceptors (Lipinski definition) is 3. The molecule has 0 saturated heterocycles. The molecule has 0 aromatic rings. The molecule has 3 nitrogen and oxygen atoms in total. The van der Waals surface area contributed by atoms with Crippen LogP contribution in [0.5, 0.6) is 0 Å². The largest absolute Gasteiger partial charge is 0.466 e. The molecule has 3 heteroatoms. The van der Waals surface area contributed by atoms with Crippen LogP contribution in [0.1, 0.15) is 32.6 Å². The molecule has 1 fully saturated rings. The summed E-state index contributed by atoms with van der Waals surface area (Å²) in [5.41, 5.74) is 5.73. The monoisotopic (exact) mass is 171 g/mol. The molecule has 0 bridgehead atoms. The van der Waals surface area contributed by atoms with Crippen LogP contribution >= 0.6 is 0 Å². The fraction of sp³-hybridized carbons (Fsp3) is 0.889. The van der Waals surface area contributed by atoms with Crippen molar-refractivity contribution in [2.24, 2.45) is 11.7 Å². The zero-order valence-corrected chi connectivity index (χ0v) is 7.58. The summed E-state index contributed by atoms with van der Waals surface area (Å²) in [6, 6.07) is 0.333. The third kappa shape index (κ3) is 2.48. The van der Waals surface area contributed by atoms with E-state index < -0.39 is 0 Å². The van der Waals surface area contributed by atoms with Gasteiger partial charge in [-0.2, -0.15) is 0 Å². The highest BCUT2D eigenvalue weighted by Gasteiger charge is 2.27. The van der Waals surface area contributed by atoms with Crippen LogP contribution in [-0.2, 0) is 9.53 Å². The van der Waals surface area contributed by atoms with Crippen LogP contribution in [0.15, 0.2) is 0 Å². The van der Waals surface area contributed by atoms with E-state index in [0.717, 1.165) is 12.8 Å². The summed E-state index contributed by atoms with van der Waals surface area (Å²) in [5.74, 6) is 0.478. The van der Waals surface area contributed by atoms with Crippen LogP contribution in [0.2, 0.25) is 0 Å². The Morgan fingerprint density at radius 1 is 1.58 bits per heavy atom. The van der Waals surface area contributed by atoms with Crippen LogP contribution in [-0.4, -0.2) is 18.6 Å². The first-order chi connectivity index (χ1) is 5.74. The third-order valence-corrected chi connectivity index (χ3v) is 2.50. The standard InChI is InChI=1S/C9H17NO2/c1-2-12-9(11)6-4-7-3-5-8(7)10/h7-8H,2-6,10H2,1H3. The molecule has 0 aromatic heterocycles. The minimum Gasteiger partial charge on any atom is -0.466 e. The van der Waals surface area contributed by atoms with Crippen LogP contribution in [0.25, 0.3) is 0 Å². The molecule has 0 aromatic carbocycles. The van der Waals surface area contributed by atoms with Crippen LogP contribution in [0.3, 0.4) is 0 Å². The highest BCUT2D eigenvalue weighted by atomic mass is 16.5. The summed E-state index contributed by atoms with van der Waals surface area (Å²) in [6.45, 7) is 2.31. The summed E-state index contributed by atoms with van der Waals surface area (Å²) >= 11 is 0. The lowest BCUT2D eigenvalue weighted by Crippen LogP contribution is -2.39. The van der Waals surface area contributed by atoms with Gasteiger partial charge in [0.05, 0.1) is 6.61 Å². The first-order valence-corrected chi connectivity index (χ1v) is 4.65. The van der Waals surface area contributed by atoms with Crippen LogP contribution < -0.4 is 5.73 Å². The van der Waals surface area contributed by atoms with Crippen molar-refractivity contribution in [2.75, 3.05) is 6.61 Å². The fourth-order valence-corrected chi connectivity index (χ4v) is 1.49. The van der Waals surface area contributed by atoms with Gasteiger partial charge in [-0.1, -0.05) is 0 Å². The number of esters is 1. The van der Waals surface area contributed by atoms with E-state index in [-0.39, 0.29) is 5.97 Å². The quantitative estimate of drug-likeness (QED) is 0.644. The van der Waals surface area contributed by atoms with Gasteiger partial charge >= 0.3 is 5.97 Å². The van der Waals surface area contributed by atoms with Gasteiger partial charge in [-0.3, -0.25) is 4.79 Å². The smallest absolute Gasteiger partial charge is 0.305 e. The van der Waals surface area contributed by atoms with Gasteiger partial charge in [-0.15, -0.1) is 0 Å². The SMILES string of the molecule is CCOC(=O)CCC1CCC1N. The lowest BCUT2D eigenvalue weighted by Gasteiger charge is -2.33. The van der Waals surface area contributed by atoms with Crippen molar-refractivity contribution >= 4 is 5.97 Å². The summed E-state index contributed by atoms with van der Waals surface area (Å²) in [4.78, 5) is 10.9. The van der Waals surface area contributed by atoms with Gasteiger partial charge in [0.25, 0.3) is 0 Å². The van der Waals surface area contributed by atoms with Crippen molar-refractivity contribution in [3.05, 3.63) is 0 Å². The van der Waals surface area contributed by atoms with E-state index in [2.05, 4.69) is 0 Å². The van der Waals surface area contributed by atoms with Crippen molar-refractivity contribution in [3.8, 4) is 0 Å².